The summed E-state index contributed by atoms with van der Waals surface area (Å²) in [5, 5.41) is 0. The SMILES string of the molecule is CCCCC(=O)O[C@@H](C)CC(N)(Cc1ccc(OC(=O)OCCC)c(OC(=O)OCCC)c1)C(=O)OC. The average Bonchev–Trinajstić information content (AvgIpc) is 2.85. The third kappa shape index (κ3) is 11.5. The lowest BCUT2D eigenvalue weighted by molar-refractivity contribution is -0.155. The summed E-state index contributed by atoms with van der Waals surface area (Å²) in [6.07, 6.45) is 0.284. The van der Waals surface area contributed by atoms with E-state index in [1.165, 1.54) is 19.2 Å². The van der Waals surface area contributed by atoms with Crippen LogP contribution in [-0.2, 0) is 35.0 Å². The normalized spacial score (nSPS) is 13.0. The van der Waals surface area contributed by atoms with Crippen LogP contribution in [0.5, 0.6) is 11.5 Å². The molecule has 2 N–H and O–H groups in total. The van der Waals surface area contributed by atoms with Gasteiger partial charge < -0.3 is 34.2 Å². The maximum Gasteiger partial charge on any atom is 0.513 e. The molecular formula is C26H39NO10. The minimum atomic E-state index is -1.57. The Balaban J connectivity index is 3.17. The Kier molecular flexibility index (Phi) is 14.1. The molecule has 0 amide bonds. The van der Waals surface area contributed by atoms with E-state index in [0.29, 0.717) is 24.8 Å². The number of unbranched alkanes of at least 4 members (excludes halogenated alkanes) is 1. The van der Waals surface area contributed by atoms with Gasteiger partial charge in [-0.3, -0.25) is 9.59 Å². The summed E-state index contributed by atoms with van der Waals surface area (Å²) in [4.78, 5) is 48.7. The van der Waals surface area contributed by atoms with Gasteiger partial charge in [-0.1, -0.05) is 33.3 Å². The molecule has 0 radical (unpaired) electrons. The summed E-state index contributed by atoms with van der Waals surface area (Å²) < 4.78 is 30.6. The molecule has 1 aromatic carbocycles. The van der Waals surface area contributed by atoms with Crippen LogP contribution in [0.1, 0.15) is 71.8 Å². The van der Waals surface area contributed by atoms with E-state index in [9.17, 15) is 19.2 Å². The highest BCUT2D eigenvalue weighted by Crippen LogP contribution is 2.31. The van der Waals surface area contributed by atoms with Crippen molar-refractivity contribution in [2.24, 2.45) is 5.73 Å². The van der Waals surface area contributed by atoms with E-state index in [1.54, 1.807) is 13.0 Å². The van der Waals surface area contributed by atoms with Crippen LogP contribution in [0.15, 0.2) is 18.2 Å². The number of carbonyl (C=O) groups is 4. The third-order valence-corrected chi connectivity index (χ3v) is 5.07. The fourth-order valence-electron chi connectivity index (χ4n) is 3.39. The lowest BCUT2D eigenvalue weighted by atomic mass is 9.86. The molecule has 0 aliphatic heterocycles. The van der Waals surface area contributed by atoms with E-state index in [1.807, 2.05) is 20.8 Å². The number of methoxy groups -OCH3 is 1. The van der Waals surface area contributed by atoms with Crippen molar-refractivity contribution in [2.75, 3.05) is 20.3 Å². The van der Waals surface area contributed by atoms with Crippen molar-refractivity contribution in [1.29, 1.82) is 0 Å². The molecule has 208 valence electrons. The van der Waals surface area contributed by atoms with Gasteiger partial charge in [0.15, 0.2) is 11.5 Å². The van der Waals surface area contributed by atoms with Crippen molar-refractivity contribution in [3.8, 4) is 11.5 Å². The quantitative estimate of drug-likeness (QED) is 0.196. The van der Waals surface area contributed by atoms with Gasteiger partial charge in [-0.05, 0) is 43.9 Å². The van der Waals surface area contributed by atoms with E-state index in [0.717, 1.165) is 6.42 Å². The summed E-state index contributed by atoms with van der Waals surface area (Å²) >= 11 is 0. The van der Waals surface area contributed by atoms with Gasteiger partial charge in [0.25, 0.3) is 0 Å². The highest BCUT2D eigenvalue weighted by atomic mass is 16.7. The topological polar surface area (TPSA) is 150 Å². The Bertz CT molecular complexity index is 903. The lowest BCUT2D eigenvalue weighted by Gasteiger charge is -2.29. The van der Waals surface area contributed by atoms with Gasteiger partial charge >= 0.3 is 24.2 Å². The zero-order chi connectivity index (χ0) is 27.8. The van der Waals surface area contributed by atoms with Crippen LogP contribution < -0.4 is 15.2 Å². The minimum Gasteiger partial charge on any atom is -0.468 e. The third-order valence-electron chi connectivity index (χ3n) is 5.07. The maximum atomic E-state index is 12.6. The van der Waals surface area contributed by atoms with Crippen LogP contribution in [0.2, 0.25) is 0 Å². The molecule has 0 aromatic heterocycles. The van der Waals surface area contributed by atoms with E-state index < -0.39 is 29.9 Å². The first-order chi connectivity index (χ1) is 17.6. The fraction of sp³-hybridized carbons (Fsp3) is 0.615. The predicted molar refractivity (Wildman–Crippen MR) is 133 cm³/mol. The number of benzene rings is 1. The average molecular weight is 526 g/mol. The van der Waals surface area contributed by atoms with Gasteiger partial charge in [-0.2, -0.15) is 0 Å². The second-order valence-electron chi connectivity index (χ2n) is 8.61. The molecule has 11 heteroatoms. The Morgan fingerprint density at radius 3 is 2.05 bits per heavy atom. The molecule has 1 rings (SSSR count). The molecule has 37 heavy (non-hydrogen) atoms. The fourth-order valence-corrected chi connectivity index (χ4v) is 3.39. The van der Waals surface area contributed by atoms with Crippen molar-refractivity contribution in [1.82, 2.24) is 0 Å². The molecule has 0 spiro atoms. The van der Waals surface area contributed by atoms with Crippen LogP contribution in [0.3, 0.4) is 0 Å². The number of carbonyl (C=O) groups excluding carboxylic acids is 4. The number of esters is 2. The first kappa shape index (κ1) is 31.7. The number of hydrogen-bond donors (Lipinski definition) is 1. The molecule has 1 unspecified atom stereocenters. The molecular weight excluding hydrogens is 486 g/mol. The summed E-state index contributed by atoms with van der Waals surface area (Å²) in [6.45, 7) is 7.55. The van der Waals surface area contributed by atoms with Crippen LogP contribution in [-0.4, -0.2) is 56.2 Å². The monoisotopic (exact) mass is 525 g/mol. The lowest BCUT2D eigenvalue weighted by Crippen LogP contribution is -2.53. The Morgan fingerprint density at radius 2 is 1.51 bits per heavy atom. The number of ether oxygens (including phenoxy) is 6. The minimum absolute atomic E-state index is 0.0200. The van der Waals surface area contributed by atoms with Gasteiger partial charge in [0.05, 0.1) is 20.3 Å². The molecule has 1 aromatic rings. The van der Waals surface area contributed by atoms with E-state index >= 15 is 0 Å². The van der Waals surface area contributed by atoms with Crippen LogP contribution in [0, 0.1) is 0 Å². The van der Waals surface area contributed by atoms with Crippen molar-refractivity contribution in [3.63, 3.8) is 0 Å². The van der Waals surface area contributed by atoms with Crippen LogP contribution in [0.25, 0.3) is 0 Å². The summed E-state index contributed by atoms with van der Waals surface area (Å²) in [7, 11) is 1.21. The first-order valence-corrected chi connectivity index (χ1v) is 12.5. The number of nitrogens with two attached hydrogens (primary N) is 1. The number of hydrogen-bond acceptors (Lipinski definition) is 11. The van der Waals surface area contributed by atoms with Gasteiger partial charge in [-0.25, -0.2) is 9.59 Å². The molecule has 2 atom stereocenters. The van der Waals surface area contributed by atoms with Gasteiger partial charge in [0.2, 0.25) is 0 Å². The van der Waals surface area contributed by atoms with Gasteiger partial charge in [0.1, 0.15) is 11.6 Å². The molecule has 11 nitrogen and oxygen atoms in total. The van der Waals surface area contributed by atoms with Gasteiger partial charge in [0, 0.05) is 19.3 Å². The van der Waals surface area contributed by atoms with Crippen molar-refractivity contribution in [2.45, 2.75) is 84.3 Å². The molecule has 0 aliphatic rings. The highest BCUT2D eigenvalue weighted by molar-refractivity contribution is 5.81. The molecule has 0 fully saturated rings. The summed E-state index contributed by atoms with van der Waals surface area (Å²) in [5.41, 5.74) is 5.34. The maximum absolute atomic E-state index is 12.6. The Labute approximate surface area is 217 Å². The number of rotatable bonds is 15. The van der Waals surface area contributed by atoms with Crippen LogP contribution in [0.4, 0.5) is 9.59 Å². The second kappa shape index (κ2) is 16.4. The summed E-state index contributed by atoms with van der Waals surface area (Å²) in [6, 6.07) is 4.34. The molecule has 0 bridgehead atoms. The second-order valence-corrected chi connectivity index (χ2v) is 8.61. The smallest absolute Gasteiger partial charge is 0.468 e. The van der Waals surface area contributed by atoms with E-state index in [-0.39, 0.29) is 49.9 Å². The Morgan fingerprint density at radius 1 is 0.919 bits per heavy atom. The van der Waals surface area contributed by atoms with Crippen LogP contribution >= 0.6 is 0 Å². The van der Waals surface area contributed by atoms with E-state index in [4.69, 9.17) is 34.2 Å². The van der Waals surface area contributed by atoms with Crippen molar-refractivity contribution in [3.05, 3.63) is 23.8 Å². The first-order valence-electron chi connectivity index (χ1n) is 12.5. The summed E-state index contributed by atoms with van der Waals surface area (Å²) in [5.74, 6) is -1.30. The Hall–Kier alpha value is -3.34. The molecule has 0 saturated carbocycles. The zero-order valence-electron chi connectivity index (χ0n) is 22.3. The standard InChI is InChI=1S/C26H39NO10/c1-6-9-10-22(28)35-18(4)16-26(27,23(29)32-5)17-19-11-12-20(36-24(30)33-13-7-2)21(15-19)37-25(31)34-14-8-3/h11-12,15,18H,6-10,13-14,16-17,27H2,1-5H3/t18-,26?/m0/s1. The molecule has 0 aliphatic carbocycles. The van der Waals surface area contributed by atoms with E-state index in [2.05, 4.69) is 0 Å². The zero-order valence-corrected chi connectivity index (χ0v) is 22.3. The molecule has 0 heterocycles. The highest BCUT2D eigenvalue weighted by Gasteiger charge is 2.38. The largest absolute Gasteiger partial charge is 0.513 e. The van der Waals surface area contributed by atoms with Crippen molar-refractivity contribution < 1.29 is 47.6 Å². The van der Waals surface area contributed by atoms with Crippen molar-refractivity contribution >= 4 is 24.2 Å². The molecule has 0 saturated heterocycles. The van der Waals surface area contributed by atoms with Gasteiger partial charge in [-0.15, -0.1) is 0 Å². The predicted octanol–water partition coefficient (Wildman–Crippen LogP) is 4.46.